The number of amides is 2. The van der Waals surface area contributed by atoms with E-state index in [9.17, 15) is 18.0 Å². The van der Waals surface area contributed by atoms with Crippen molar-refractivity contribution in [2.24, 2.45) is 0 Å². The van der Waals surface area contributed by atoms with Crippen LogP contribution in [-0.4, -0.2) is 43.7 Å². The van der Waals surface area contributed by atoms with Gasteiger partial charge in [0.25, 0.3) is 0 Å². The summed E-state index contributed by atoms with van der Waals surface area (Å²) in [6, 6.07) is 11.3. The van der Waals surface area contributed by atoms with Crippen LogP contribution in [0.4, 0.5) is 5.69 Å². The summed E-state index contributed by atoms with van der Waals surface area (Å²) in [5, 5.41) is 3.47. The largest absolute Gasteiger partial charge is 0.350 e. The minimum absolute atomic E-state index is 0.178. The van der Waals surface area contributed by atoms with Crippen molar-refractivity contribution in [1.29, 1.82) is 0 Å². The fourth-order valence-corrected chi connectivity index (χ4v) is 6.27. The molecule has 0 radical (unpaired) electrons. The van der Waals surface area contributed by atoms with Gasteiger partial charge in [0, 0.05) is 43.2 Å². The van der Waals surface area contributed by atoms with E-state index in [0.29, 0.717) is 29.4 Å². The zero-order valence-electron chi connectivity index (χ0n) is 18.6. The first-order valence-corrected chi connectivity index (χ1v) is 13.1. The van der Waals surface area contributed by atoms with Crippen LogP contribution in [0.1, 0.15) is 43.7 Å². The highest BCUT2D eigenvalue weighted by Gasteiger charge is 2.38. The SMILES string of the molecule is CCC(=O)N1c2ccc(S(=O)(=O)N3CCCCC3)cc2C[C@@H]1C(=O)NCc1cccc(Cl)c1. The third-order valence-corrected chi connectivity index (χ3v) is 8.35. The third kappa shape index (κ3) is 4.93. The summed E-state index contributed by atoms with van der Waals surface area (Å²) >= 11 is 6.02. The first-order valence-electron chi connectivity index (χ1n) is 11.3. The molecule has 1 saturated heterocycles. The van der Waals surface area contributed by atoms with Gasteiger partial charge in [-0.1, -0.05) is 37.1 Å². The summed E-state index contributed by atoms with van der Waals surface area (Å²) in [6.07, 6.45) is 3.27. The summed E-state index contributed by atoms with van der Waals surface area (Å²) in [4.78, 5) is 27.5. The van der Waals surface area contributed by atoms with E-state index < -0.39 is 16.1 Å². The molecule has 1 atom stereocenters. The maximum Gasteiger partial charge on any atom is 0.243 e. The van der Waals surface area contributed by atoms with Crippen LogP contribution in [0.2, 0.25) is 5.02 Å². The van der Waals surface area contributed by atoms with Crippen LogP contribution in [0.3, 0.4) is 0 Å². The number of sulfonamides is 1. The number of halogens is 1. The molecular weight excluding hydrogens is 462 g/mol. The normalized spacial score (nSPS) is 18.7. The van der Waals surface area contributed by atoms with E-state index in [4.69, 9.17) is 11.6 Å². The Hall–Kier alpha value is -2.42. The Morgan fingerprint density at radius 3 is 2.55 bits per heavy atom. The number of nitrogens with one attached hydrogen (secondary N) is 1. The summed E-state index contributed by atoms with van der Waals surface area (Å²) in [5.41, 5.74) is 2.15. The molecule has 2 aliphatic rings. The maximum atomic E-state index is 13.1. The number of piperidine rings is 1. The molecular formula is C24H28ClN3O4S. The summed E-state index contributed by atoms with van der Waals surface area (Å²) in [6.45, 7) is 3.08. The second kappa shape index (κ2) is 9.83. The lowest BCUT2D eigenvalue weighted by atomic mass is 10.1. The predicted molar refractivity (Wildman–Crippen MR) is 128 cm³/mol. The molecule has 0 aliphatic carbocycles. The van der Waals surface area contributed by atoms with Gasteiger partial charge in [0.05, 0.1) is 4.90 Å². The number of hydrogen-bond acceptors (Lipinski definition) is 4. The highest BCUT2D eigenvalue weighted by atomic mass is 35.5. The van der Waals surface area contributed by atoms with E-state index >= 15 is 0 Å². The van der Waals surface area contributed by atoms with Gasteiger partial charge in [0.2, 0.25) is 21.8 Å². The average molecular weight is 490 g/mol. The summed E-state index contributed by atoms with van der Waals surface area (Å²) < 4.78 is 27.8. The van der Waals surface area contributed by atoms with Crippen LogP contribution < -0.4 is 10.2 Å². The molecule has 2 heterocycles. The van der Waals surface area contributed by atoms with Crippen molar-refractivity contribution in [3.05, 3.63) is 58.6 Å². The minimum Gasteiger partial charge on any atom is -0.350 e. The van der Waals surface area contributed by atoms with Crippen molar-refractivity contribution in [2.45, 2.75) is 56.5 Å². The minimum atomic E-state index is -3.60. The maximum absolute atomic E-state index is 13.1. The molecule has 1 N–H and O–H groups in total. The average Bonchev–Trinajstić information content (AvgIpc) is 3.21. The van der Waals surface area contributed by atoms with E-state index in [1.165, 1.54) is 9.21 Å². The topological polar surface area (TPSA) is 86.8 Å². The van der Waals surface area contributed by atoms with Gasteiger partial charge in [-0.3, -0.25) is 14.5 Å². The van der Waals surface area contributed by atoms with E-state index in [-0.39, 0.29) is 36.1 Å². The van der Waals surface area contributed by atoms with Gasteiger partial charge in [0.15, 0.2) is 0 Å². The number of rotatable bonds is 6. The molecule has 2 aromatic rings. The van der Waals surface area contributed by atoms with E-state index in [0.717, 1.165) is 24.8 Å². The number of carbonyl (C=O) groups is 2. The first kappa shape index (κ1) is 23.7. The fourth-order valence-electron chi connectivity index (χ4n) is 4.49. The zero-order chi connectivity index (χ0) is 23.6. The summed E-state index contributed by atoms with van der Waals surface area (Å²) in [7, 11) is -3.60. The Bertz CT molecular complexity index is 1160. The molecule has 33 heavy (non-hydrogen) atoms. The zero-order valence-corrected chi connectivity index (χ0v) is 20.2. The van der Waals surface area contributed by atoms with Crippen molar-refractivity contribution < 1.29 is 18.0 Å². The molecule has 7 nitrogen and oxygen atoms in total. The molecule has 0 aromatic heterocycles. The molecule has 0 bridgehead atoms. The Morgan fingerprint density at radius 1 is 1.09 bits per heavy atom. The number of benzene rings is 2. The van der Waals surface area contributed by atoms with Gasteiger partial charge in [0.1, 0.15) is 6.04 Å². The molecule has 2 aliphatic heterocycles. The number of fused-ring (bicyclic) bond motifs is 1. The van der Waals surface area contributed by atoms with Crippen LogP contribution >= 0.6 is 11.6 Å². The van der Waals surface area contributed by atoms with Crippen molar-refractivity contribution in [3.63, 3.8) is 0 Å². The first-order chi connectivity index (χ1) is 15.8. The molecule has 4 rings (SSSR count). The van der Waals surface area contributed by atoms with Crippen LogP contribution in [-0.2, 0) is 32.6 Å². The van der Waals surface area contributed by atoms with Crippen molar-refractivity contribution in [3.8, 4) is 0 Å². The lowest BCUT2D eigenvalue weighted by Crippen LogP contribution is -2.47. The van der Waals surface area contributed by atoms with Gasteiger partial charge < -0.3 is 5.32 Å². The van der Waals surface area contributed by atoms with E-state index in [1.807, 2.05) is 12.1 Å². The fraction of sp³-hybridized carbons (Fsp3) is 0.417. The van der Waals surface area contributed by atoms with Crippen molar-refractivity contribution >= 4 is 39.1 Å². The molecule has 2 aromatic carbocycles. The monoisotopic (exact) mass is 489 g/mol. The Balaban J connectivity index is 1.57. The smallest absolute Gasteiger partial charge is 0.243 e. The third-order valence-electron chi connectivity index (χ3n) is 6.22. The molecule has 2 amide bonds. The van der Waals surface area contributed by atoms with Crippen LogP contribution in [0.25, 0.3) is 0 Å². The second-order valence-corrected chi connectivity index (χ2v) is 10.8. The molecule has 1 fully saturated rings. The molecule has 0 saturated carbocycles. The Morgan fingerprint density at radius 2 is 1.85 bits per heavy atom. The highest BCUT2D eigenvalue weighted by molar-refractivity contribution is 7.89. The van der Waals surface area contributed by atoms with E-state index in [2.05, 4.69) is 5.32 Å². The second-order valence-electron chi connectivity index (χ2n) is 8.44. The number of nitrogens with zero attached hydrogens (tertiary/aromatic N) is 2. The molecule has 176 valence electrons. The van der Waals surface area contributed by atoms with Crippen molar-refractivity contribution in [2.75, 3.05) is 18.0 Å². The lowest BCUT2D eigenvalue weighted by molar-refractivity contribution is -0.126. The van der Waals surface area contributed by atoms with Crippen LogP contribution in [0, 0.1) is 0 Å². The standard InChI is InChI=1S/C24H28ClN3O4S/c1-2-23(29)28-21-10-9-20(33(31,32)27-11-4-3-5-12-27)14-18(21)15-22(28)24(30)26-16-17-7-6-8-19(25)13-17/h6-10,13-14,22H,2-5,11-12,15-16H2,1H3,(H,26,30)/t22-/m1/s1. The summed E-state index contributed by atoms with van der Waals surface area (Å²) in [5.74, 6) is -0.461. The predicted octanol–water partition coefficient (Wildman–Crippen LogP) is 3.50. The van der Waals surface area contributed by atoms with E-state index in [1.54, 1.807) is 37.3 Å². The Labute approximate surface area is 199 Å². The van der Waals surface area contributed by atoms with Crippen LogP contribution in [0.15, 0.2) is 47.4 Å². The molecule has 0 spiro atoms. The number of anilines is 1. The molecule has 0 unspecified atom stereocenters. The lowest BCUT2D eigenvalue weighted by Gasteiger charge is -2.26. The van der Waals surface area contributed by atoms with Crippen LogP contribution in [0.5, 0.6) is 0 Å². The number of carbonyl (C=O) groups excluding carboxylic acids is 2. The quantitative estimate of drug-likeness (QED) is 0.672. The molecule has 9 heteroatoms. The number of hydrogen-bond donors (Lipinski definition) is 1. The van der Waals surface area contributed by atoms with Gasteiger partial charge in [-0.25, -0.2) is 8.42 Å². The highest BCUT2D eigenvalue weighted by Crippen LogP contribution is 2.35. The van der Waals surface area contributed by atoms with Gasteiger partial charge >= 0.3 is 0 Å². The van der Waals surface area contributed by atoms with Gasteiger partial charge in [-0.15, -0.1) is 0 Å². The van der Waals surface area contributed by atoms with Crippen molar-refractivity contribution in [1.82, 2.24) is 9.62 Å². The van der Waals surface area contributed by atoms with Gasteiger partial charge in [-0.05, 0) is 54.3 Å². The van der Waals surface area contributed by atoms with Gasteiger partial charge in [-0.2, -0.15) is 4.31 Å². The Kier molecular flexibility index (Phi) is 7.07.